The van der Waals surface area contributed by atoms with E-state index in [0.29, 0.717) is 4.34 Å². The van der Waals surface area contributed by atoms with E-state index in [2.05, 4.69) is 21.2 Å². The Balaban J connectivity index is 2.16. The van der Waals surface area contributed by atoms with Gasteiger partial charge in [-0.3, -0.25) is 0 Å². The largest absolute Gasteiger partial charge is 0.394 e. The Morgan fingerprint density at radius 3 is 2.56 bits per heavy atom. The lowest BCUT2D eigenvalue weighted by Gasteiger charge is -2.16. The number of aliphatic hydroxyl groups is 1. The molecule has 0 amide bonds. The van der Waals surface area contributed by atoms with E-state index in [1.807, 2.05) is 37.3 Å². The molecule has 1 heterocycles. The van der Waals surface area contributed by atoms with E-state index in [-0.39, 0.29) is 12.6 Å². The van der Waals surface area contributed by atoms with Gasteiger partial charge in [-0.1, -0.05) is 29.3 Å². The number of aliphatic hydroxyl groups excluding tert-OH is 1. The minimum atomic E-state index is -0.137. The number of nitrogens with one attached hydrogen (secondary N) is 1. The van der Waals surface area contributed by atoms with Crippen LogP contribution < -0.4 is 5.32 Å². The molecule has 0 saturated heterocycles. The summed E-state index contributed by atoms with van der Waals surface area (Å²) < 4.78 is 1.57. The summed E-state index contributed by atoms with van der Waals surface area (Å²) in [5, 5.41) is 12.8. The van der Waals surface area contributed by atoms with Crippen molar-refractivity contribution in [2.24, 2.45) is 0 Å². The minimum absolute atomic E-state index is 0.0250. The Bertz CT molecular complexity index is 507. The highest BCUT2D eigenvalue weighted by Crippen LogP contribution is 2.36. The maximum Gasteiger partial charge on any atom is 0.107 e. The maximum absolute atomic E-state index is 9.48. The molecule has 96 valence electrons. The minimum Gasteiger partial charge on any atom is -0.394 e. The lowest BCUT2D eigenvalue weighted by atomic mass is 10.2. The van der Waals surface area contributed by atoms with Gasteiger partial charge in [-0.2, -0.15) is 0 Å². The summed E-state index contributed by atoms with van der Waals surface area (Å²) in [4.78, 5) is 1.01. The van der Waals surface area contributed by atoms with Crippen molar-refractivity contribution in [2.75, 3.05) is 11.9 Å². The van der Waals surface area contributed by atoms with Crippen LogP contribution in [0.1, 0.15) is 16.5 Å². The quantitative estimate of drug-likeness (QED) is 0.847. The molecule has 0 aliphatic heterocycles. The molecule has 2 aromatic rings. The summed E-state index contributed by atoms with van der Waals surface area (Å²) in [5.41, 5.74) is 2.20. The fourth-order valence-corrected chi connectivity index (χ4v) is 3.37. The Labute approximate surface area is 124 Å². The van der Waals surface area contributed by atoms with Crippen LogP contribution in [0, 0.1) is 6.92 Å². The van der Waals surface area contributed by atoms with E-state index >= 15 is 0 Å². The third kappa shape index (κ3) is 3.26. The summed E-state index contributed by atoms with van der Waals surface area (Å²) in [6, 6.07) is 9.88. The lowest BCUT2D eigenvalue weighted by molar-refractivity contribution is 0.278. The monoisotopic (exact) mass is 345 g/mol. The van der Waals surface area contributed by atoms with Crippen molar-refractivity contribution in [3.05, 3.63) is 49.6 Å². The normalized spacial score (nSPS) is 12.4. The van der Waals surface area contributed by atoms with E-state index in [1.54, 1.807) is 0 Å². The highest BCUT2D eigenvalue weighted by Gasteiger charge is 2.15. The Kier molecular flexibility index (Phi) is 4.67. The number of anilines is 1. The maximum atomic E-state index is 9.48. The molecule has 1 aromatic heterocycles. The molecule has 0 bridgehead atoms. The van der Waals surface area contributed by atoms with Crippen molar-refractivity contribution >= 4 is 44.6 Å². The first-order valence-corrected chi connectivity index (χ1v) is 7.47. The van der Waals surface area contributed by atoms with Crippen LogP contribution in [-0.4, -0.2) is 11.7 Å². The zero-order chi connectivity index (χ0) is 13.1. The van der Waals surface area contributed by atoms with Crippen LogP contribution in [0.5, 0.6) is 0 Å². The van der Waals surface area contributed by atoms with E-state index < -0.39 is 0 Å². The van der Waals surface area contributed by atoms with Crippen molar-refractivity contribution in [2.45, 2.75) is 13.0 Å². The SMILES string of the molecule is Cc1ccc(NC(CO)c2cc(Br)c(Cl)s2)cc1. The zero-order valence-corrected chi connectivity index (χ0v) is 12.9. The van der Waals surface area contributed by atoms with Crippen LogP contribution in [0.25, 0.3) is 0 Å². The molecule has 18 heavy (non-hydrogen) atoms. The van der Waals surface area contributed by atoms with Crippen LogP contribution in [0.2, 0.25) is 4.34 Å². The number of thiophene rings is 1. The van der Waals surface area contributed by atoms with Gasteiger partial charge in [-0.05, 0) is 41.1 Å². The summed E-state index contributed by atoms with van der Waals surface area (Å²) in [5.74, 6) is 0. The molecule has 0 aliphatic rings. The smallest absolute Gasteiger partial charge is 0.107 e. The first kappa shape index (κ1) is 13.9. The first-order chi connectivity index (χ1) is 8.60. The predicted octanol–water partition coefficient (Wildman–Crippen LogP) is 4.62. The van der Waals surface area contributed by atoms with Crippen molar-refractivity contribution in [1.82, 2.24) is 0 Å². The fraction of sp³-hybridized carbons (Fsp3) is 0.231. The second-order valence-electron chi connectivity index (χ2n) is 4.02. The van der Waals surface area contributed by atoms with Crippen molar-refractivity contribution < 1.29 is 5.11 Å². The highest BCUT2D eigenvalue weighted by molar-refractivity contribution is 9.10. The van der Waals surface area contributed by atoms with Gasteiger partial charge >= 0.3 is 0 Å². The summed E-state index contributed by atoms with van der Waals surface area (Å²) in [6.45, 7) is 2.07. The number of rotatable bonds is 4. The summed E-state index contributed by atoms with van der Waals surface area (Å²) >= 11 is 10.9. The standard InChI is InChI=1S/C13H13BrClNOS/c1-8-2-4-9(5-3-8)16-11(7-17)12-6-10(14)13(15)18-12/h2-6,11,16-17H,7H2,1H3. The van der Waals surface area contributed by atoms with Crippen LogP contribution in [0.4, 0.5) is 5.69 Å². The summed E-state index contributed by atoms with van der Waals surface area (Å²) in [6.07, 6.45) is 0. The molecule has 0 fully saturated rings. The number of halogens is 2. The molecule has 2 N–H and O–H groups in total. The van der Waals surface area contributed by atoms with Crippen LogP contribution in [0.15, 0.2) is 34.8 Å². The van der Waals surface area contributed by atoms with E-state index in [9.17, 15) is 5.11 Å². The first-order valence-electron chi connectivity index (χ1n) is 5.49. The molecule has 0 radical (unpaired) electrons. The number of hydrogen-bond donors (Lipinski definition) is 2. The molecule has 0 spiro atoms. The average molecular weight is 347 g/mol. The van der Waals surface area contributed by atoms with Gasteiger partial charge in [0.1, 0.15) is 4.34 Å². The zero-order valence-electron chi connectivity index (χ0n) is 9.78. The summed E-state index contributed by atoms with van der Waals surface area (Å²) in [7, 11) is 0. The van der Waals surface area contributed by atoms with Gasteiger partial charge < -0.3 is 10.4 Å². The lowest BCUT2D eigenvalue weighted by Crippen LogP contribution is -2.13. The molecule has 2 rings (SSSR count). The molecular formula is C13H13BrClNOS. The predicted molar refractivity (Wildman–Crippen MR) is 81.7 cm³/mol. The van der Waals surface area contributed by atoms with Gasteiger partial charge in [0.2, 0.25) is 0 Å². The van der Waals surface area contributed by atoms with Crippen LogP contribution >= 0.6 is 38.9 Å². The molecule has 5 heteroatoms. The van der Waals surface area contributed by atoms with E-state index in [1.165, 1.54) is 16.9 Å². The third-order valence-corrected chi connectivity index (χ3v) is 5.17. The fourth-order valence-electron chi connectivity index (χ4n) is 1.59. The van der Waals surface area contributed by atoms with Crippen molar-refractivity contribution in [1.29, 1.82) is 0 Å². The highest BCUT2D eigenvalue weighted by atomic mass is 79.9. The number of aryl methyl sites for hydroxylation is 1. The molecule has 0 saturated carbocycles. The van der Waals surface area contributed by atoms with E-state index in [0.717, 1.165) is 15.0 Å². The molecule has 1 unspecified atom stereocenters. The number of hydrogen-bond acceptors (Lipinski definition) is 3. The van der Waals surface area contributed by atoms with Crippen molar-refractivity contribution in [3.8, 4) is 0 Å². The van der Waals surface area contributed by atoms with Crippen LogP contribution in [0.3, 0.4) is 0 Å². The van der Waals surface area contributed by atoms with Gasteiger partial charge in [-0.25, -0.2) is 0 Å². The van der Waals surface area contributed by atoms with E-state index in [4.69, 9.17) is 11.6 Å². The Morgan fingerprint density at radius 2 is 2.06 bits per heavy atom. The second kappa shape index (κ2) is 6.06. The third-order valence-electron chi connectivity index (χ3n) is 2.58. The topological polar surface area (TPSA) is 32.3 Å². The number of benzene rings is 1. The Morgan fingerprint density at radius 1 is 1.39 bits per heavy atom. The van der Waals surface area contributed by atoms with Crippen LogP contribution in [-0.2, 0) is 0 Å². The average Bonchev–Trinajstić information content (AvgIpc) is 2.69. The van der Waals surface area contributed by atoms with Gasteiger partial charge in [0.25, 0.3) is 0 Å². The van der Waals surface area contributed by atoms with Gasteiger partial charge in [-0.15, -0.1) is 11.3 Å². The molecule has 1 atom stereocenters. The van der Waals surface area contributed by atoms with Gasteiger partial charge in [0.05, 0.1) is 12.6 Å². The molecule has 2 nitrogen and oxygen atoms in total. The van der Waals surface area contributed by atoms with Gasteiger partial charge in [0.15, 0.2) is 0 Å². The van der Waals surface area contributed by atoms with Gasteiger partial charge in [0, 0.05) is 15.0 Å². The molecule has 1 aromatic carbocycles. The van der Waals surface area contributed by atoms with Crippen molar-refractivity contribution in [3.63, 3.8) is 0 Å². The Hall–Kier alpha value is -0.550. The second-order valence-corrected chi connectivity index (χ2v) is 6.56. The molecule has 0 aliphatic carbocycles. The molecular weight excluding hydrogens is 334 g/mol.